The Hall–Kier alpha value is -1.36. The molecule has 2 aliphatic rings. The largest absolute Gasteiger partial charge is 0.368 e. The molecule has 0 saturated carbocycles. The van der Waals surface area contributed by atoms with Crippen LogP contribution in [0.15, 0.2) is 6.20 Å². The van der Waals surface area contributed by atoms with Gasteiger partial charge in [-0.05, 0) is 39.3 Å². The second-order valence-electron chi connectivity index (χ2n) is 5.37. The third-order valence-electron chi connectivity index (χ3n) is 4.08. The van der Waals surface area contributed by atoms with E-state index in [-0.39, 0.29) is 0 Å². The Morgan fingerprint density at radius 2 is 2.06 bits per heavy atom. The van der Waals surface area contributed by atoms with Gasteiger partial charge in [-0.25, -0.2) is 4.98 Å². The van der Waals surface area contributed by atoms with Gasteiger partial charge in [0.2, 0.25) is 5.95 Å². The van der Waals surface area contributed by atoms with Crippen molar-refractivity contribution in [3.05, 3.63) is 11.8 Å². The molecule has 98 valence electrons. The number of nitrogen functional groups attached to an aromatic ring is 1. The number of hydrogen-bond donors (Lipinski definition) is 1. The molecule has 2 aliphatic heterocycles. The van der Waals surface area contributed by atoms with Crippen molar-refractivity contribution < 1.29 is 0 Å². The summed E-state index contributed by atoms with van der Waals surface area (Å²) in [6.45, 7) is 6.75. The van der Waals surface area contributed by atoms with E-state index in [1.807, 2.05) is 6.20 Å². The summed E-state index contributed by atoms with van der Waals surface area (Å²) in [5.74, 6) is 1.39. The van der Waals surface area contributed by atoms with E-state index in [9.17, 15) is 0 Å². The molecule has 1 aromatic heterocycles. The molecule has 1 atom stereocenters. The maximum absolute atomic E-state index is 5.69. The van der Waals surface area contributed by atoms with Crippen LogP contribution in [-0.2, 0) is 0 Å². The van der Waals surface area contributed by atoms with Gasteiger partial charge in [-0.2, -0.15) is 4.98 Å². The zero-order chi connectivity index (χ0) is 12.5. The molecule has 0 aromatic carbocycles. The van der Waals surface area contributed by atoms with Crippen LogP contribution in [0.5, 0.6) is 0 Å². The highest BCUT2D eigenvalue weighted by atomic mass is 15.3. The van der Waals surface area contributed by atoms with E-state index in [1.165, 1.54) is 32.4 Å². The minimum atomic E-state index is 0.375. The molecular formula is C13H21N5. The number of anilines is 2. The van der Waals surface area contributed by atoms with E-state index in [0.717, 1.165) is 24.5 Å². The number of nitrogens with two attached hydrogens (primary N) is 1. The number of aryl methyl sites for hydroxylation is 1. The van der Waals surface area contributed by atoms with Crippen LogP contribution >= 0.6 is 0 Å². The molecule has 0 amide bonds. The van der Waals surface area contributed by atoms with E-state index in [4.69, 9.17) is 5.73 Å². The molecule has 2 saturated heterocycles. The maximum Gasteiger partial charge on any atom is 0.221 e. The van der Waals surface area contributed by atoms with Crippen molar-refractivity contribution in [1.82, 2.24) is 14.9 Å². The van der Waals surface area contributed by atoms with Gasteiger partial charge in [-0.15, -0.1) is 0 Å². The summed E-state index contributed by atoms with van der Waals surface area (Å²) in [6, 6.07) is 0.697. The Bertz CT molecular complexity index is 427. The van der Waals surface area contributed by atoms with Gasteiger partial charge in [0.1, 0.15) is 5.82 Å². The fourth-order valence-electron chi connectivity index (χ4n) is 3.11. The normalized spacial score (nSPS) is 24.9. The molecule has 3 rings (SSSR count). The van der Waals surface area contributed by atoms with Crippen molar-refractivity contribution >= 4 is 11.8 Å². The first-order valence-corrected chi connectivity index (χ1v) is 6.82. The summed E-state index contributed by atoms with van der Waals surface area (Å²) in [5.41, 5.74) is 6.81. The van der Waals surface area contributed by atoms with Crippen molar-refractivity contribution in [1.29, 1.82) is 0 Å². The SMILES string of the molecule is Cc1cnc(N)nc1N1CCC(N2CCCC2)C1. The van der Waals surface area contributed by atoms with Crippen molar-refractivity contribution in [2.75, 3.05) is 36.8 Å². The average molecular weight is 247 g/mol. The van der Waals surface area contributed by atoms with Gasteiger partial charge in [-0.3, -0.25) is 4.90 Å². The number of likely N-dealkylation sites (tertiary alicyclic amines) is 1. The number of nitrogens with zero attached hydrogens (tertiary/aromatic N) is 4. The highest BCUT2D eigenvalue weighted by molar-refractivity contribution is 5.49. The molecule has 5 heteroatoms. The average Bonchev–Trinajstić information content (AvgIpc) is 3.00. The van der Waals surface area contributed by atoms with Gasteiger partial charge < -0.3 is 10.6 Å². The van der Waals surface area contributed by atoms with Crippen LogP contribution < -0.4 is 10.6 Å². The van der Waals surface area contributed by atoms with Gasteiger partial charge in [-0.1, -0.05) is 0 Å². The first kappa shape index (κ1) is 11.7. The van der Waals surface area contributed by atoms with Crippen LogP contribution in [0, 0.1) is 6.92 Å². The predicted molar refractivity (Wildman–Crippen MR) is 72.6 cm³/mol. The van der Waals surface area contributed by atoms with E-state index >= 15 is 0 Å². The van der Waals surface area contributed by atoms with E-state index in [2.05, 4.69) is 26.7 Å². The fourth-order valence-corrected chi connectivity index (χ4v) is 3.11. The molecule has 0 aliphatic carbocycles. The Labute approximate surface area is 108 Å². The summed E-state index contributed by atoms with van der Waals surface area (Å²) >= 11 is 0. The quantitative estimate of drug-likeness (QED) is 0.846. The lowest BCUT2D eigenvalue weighted by atomic mass is 10.2. The van der Waals surface area contributed by atoms with Crippen LogP contribution in [0.4, 0.5) is 11.8 Å². The highest BCUT2D eigenvalue weighted by Gasteiger charge is 2.30. The van der Waals surface area contributed by atoms with E-state index < -0.39 is 0 Å². The lowest BCUT2D eigenvalue weighted by molar-refractivity contribution is 0.260. The first-order chi connectivity index (χ1) is 8.74. The van der Waals surface area contributed by atoms with Crippen molar-refractivity contribution in [2.24, 2.45) is 0 Å². The van der Waals surface area contributed by atoms with Crippen molar-refractivity contribution in [3.8, 4) is 0 Å². The summed E-state index contributed by atoms with van der Waals surface area (Å²) in [7, 11) is 0. The van der Waals surface area contributed by atoms with Gasteiger partial charge in [0.25, 0.3) is 0 Å². The molecule has 3 heterocycles. The van der Waals surface area contributed by atoms with Crippen LogP contribution in [0.1, 0.15) is 24.8 Å². The van der Waals surface area contributed by atoms with Gasteiger partial charge in [0.05, 0.1) is 0 Å². The molecule has 1 unspecified atom stereocenters. The summed E-state index contributed by atoms with van der Waals surface area (Å²) < 4.78 is 0. The Kier molecular flexibility index (Phi) is 3.07. The topological polar surface area (TPSA) is 58.3 Å². The summed E-state index contributed by atoms with van der Waals surface area (Å²) in [5, 5.41) is 0. The van der Waals surface area contributed by atoms with Crippen LogP contribution in [-0.4, -0.2) is 47.1 Å². The molecule has 5 nitrogen and oxygen atoms in total. The number of aromatic nitrogens is 2. The highest BCUT2D eigenvalue weighted by Crippen LogP contribution is 2.26. The Morgan fingerprint density at radius 3 is 2.83 bits per heavy atom. The maximum atomic E-state index is 5.69. The zero-order valence-electron chi connectivity index (χ0n) is 11.0. The monoisotopic (exact) mass is 247 g/mol. The second-order valence-corrected chi connectivity index (χ2v) is 5.37. The second kappa shape index (κ2) is 4.72. The molecule has 2 fully saturated rings. The minimum absolute atomic E-state index is 0.375. The summed E-state index contributed by atoms with van der Waals surface area (Å²) in [6.07, 6.45) is 5.77. The number of rotatable bonds is 2. The fraction of sp³-hybridized carbons (Fsp3) is 0.692. The standard InChI is InChI=1S/C13H21N5/c1-10-8-15-13(14)16-12(10)18-7-4-11(9-18)17-5-2-3-6-17/h8,11H,2-7,9H2,1H3,(H2,14,15,16). The zero-order valence-corrected chi connectivity index (χ0v) is 11.0. The molecule has 18 heavy (non-hydrogen) atoms. The van der Waals surface area contributed by atoms with Gasteiger partial charge >= 0.3 is 0 Å². The van der Waals surface area contributed by atoms with E-state index in [1.54, 1.807) is 0 Å². The predicted octanol–water partition coefficient (Wildman–Crippen LogP) is 1.04. The summed E-state index contributed by atoms with van der Waals surface area (Å²) in [4.78, 5) is 13.4. The minimum Gasteiger partial charge on any atom is -0.368 e. The molecule has 0 radical (unpaired) electrons. The van der Waals surface area contributed by atoms with Crippen molar-refractivity contribution in [2.45, 2.75) is 32.2 Å². The molecule has 2 N–H and O–H groups in total. The van der Waals surface area contributed by atoms with Crippen LogP contribution in [0.25, 0.3) is 0 Å². The molecule has 0 spiro atoms. The third-order valence-corrected chi connectivity index (χ3v) is 4.08. The lowest BCUT2D eigenvalue weighted by Gasteiger charge is -2.24. The first-order valence-electron chi connectivity index (χ1n) is 6.82. The molecular weight excluding hydrogens is 226 g/mol. The Balaban J connectivity index is 1.72. The van der Waals surface area contributed by atoms with E-state index in [0.29, 0.717) is 12.0 Å². The Morgan fingerprint density at radius 1 is 1.28 bits per heavy atom. The smallest absolute Gasteiger partial charge is 0.221 e. The van der Waals surface area contributed by atoms with Gasteiger partial charge in [0.15, 0.2) is 0 Å². The van der Waals surface area contributed by atoms with Crippen LogP contribution in [0.3, 0.4) is 0 Å². The number of hydrogen-bond acceptors (Lipinski definition) is 5. The third kappa shape index (κ3) is 2.14. The van der Waals surface area contributed by atoms with Crippen LogP contribution in [0.2, 0.25) is 0 Å². The molecule has 0 bridgehead atoms. The van der Waals surface area contributed by atoms with Gasteiger partial charge in [0, 0.05) is 30.9 Å². The molecule has 1 aromatic rings. The lowest BCUT2D eigenvalue weighted by Crippen LogP contribution is -2.35. The van der Waals surface area contributed by atoms with Crippen molar-refractivity contribution in [3.63, 3.8) is 0 Å².